The van der Waals surface area contributed by atoms with Crippen molar-refractivity contribution in [3.8, 4) is 0 Å². The first-order chi connectivity index (χ1) is 19.0. The minimum Gasteiger partial charge on any atom is -0.378 e. The van der Waals surface area contributed by atoms with Crippen LogP contribution in [0.3, 0.4) is 0 Å². The Hall–Kier alpha value is -4.35. The second-order valence-electron chi connectivity index (χ2n) is 9.87. The summed E-state index contributed by atoms with van der Waals surface area (Å²) in [6, 6.07) is 8.14. The standard InChI is InChI=1S/C28H28F4N6O2/c1-16(34-24-5-4-17(29)10-23(24)27(31)32)20-11-18(30)12-22-21(20)14-25(35(2)28(22)40)38-8-6-37(7-9-38)19-13-26(39)36(3)33-15-19/h4-5,10-16,27,34H,6-9H2,1-3H3/t16-/m1/s1. The van der Waals surface area contributed by atoms with E-state index in [9.17, 15) is 27.2 Å². The summed E-state index contributed by atoms with van der Waals surface area (Å²) in [5, 5.41) is 7.67. The lowest BCUT2D eigenvalue weighted by Gasteiger charge is -2.37. The maximum atomic E-state index is 14.7. The molecule has 2 aromatic carbocycles. The predicted octanol–water partition coefficient (Wildman–Crippen LogP) is 4.35. The maximum Gasteiger partial charge on any atom is 0.268 e. The number of anilines is 3. The second kappa shape index (κ2) is 10.7. The summed E-state index contributed by atoms with van der Waals surface area (Å²) < 4.78 is 58.2. The third-order valence-electron chi connectivity index (χ3n) is 7.34. The molecule has 1 fully saturated rings. The summed E-state index contributed by atoms with van der Waals surface area (Å²) in [5.41, 5.74) is 0.0367. The summed E-state index contributed by atoms with van der Waals surface area (Å²) in [6.45, 7) is 3.92. The molecule has 8 nitrogen and oxygen atoms in total. The van der Waals surface area contributed by atoms with Crippen molar-refractivity contribution < 1.29 is 17.6 Å². The third-order valence-corrected chi connectivity index (χ3v) is 7.34. The number of aryl methyl sites for hydroxylation is 1. The van der Waals surface area contributed by atoms with E-state index >= 15 is 0 Å². The van der Waals surface area contributed by atoms with E-state index in [4.69, 9.17) is 0 Å². The second-order valence-corrected chi connectivity index (χ2v) is 9.87. The molecule has 1 aliphatic heterocycles. The van der Waals surface area contributed by atoms with Gasteiger partial charge in [0.15, 0.2) is 0 Å². The van der Waals surface area contributed by atoms with Gasteiger partial charge in [-0.05, 0) is 54.3 Å². The van der Waals surface area contributed by atoms with Crippen molar-refractivity contribution in [3.05, 3.63) is 92.1 Å². The first-order valence-electron chi connectivity index (χ1n) is 12.7. The van der Waals surface area contributed by atoms with Gasteiger partial charge in [0.25, 0.3) is 17.5 Å². The van der Waals surface area contributed by atoms with Crippen LogP contribution in [0.5, 0.6) is 0 Å². The summed E-state index contributed by atoms with van der Waals surface area (Å²) in [6.07, 6.45) is -1.28. The van der Waals surface area contributed by atoms with E-state index in [1.807, 2.05) is 9.80 Å². The molecule has 5 rings (SSSR count). The molecule has 3 heterocycles. The molecular formula is C28H28F4N6O2. The largest absolute Gasteiger partial charge is 0.378 e. The van der Waals surface area contributed by atoms with Crippen LogP contribution in [0.4, 0.5) is 34.8 Å². The van der Waals surface area contributed by atoms with Gasteiger partial charge >= 0.3 is 0 Å². The fourth-order valence-electron chi connectivity index (χ4n) is 5.13. The molecule has 1 N–H and O–H groups in total. The van der Waals surface area contributed by atoms with Crippen LogP contribution in [0.1, 0.15) is 30.5 Å². The van der Waals surface area contributed by atoms with Crippen LogP contribution in [-0.4, -0.2) is 40.5 Å². The molecule has 1 atom stereocenters. The van der Waals surface area contributed by atoms with Crippen molar-refractivity contribution in [2.75, 3.05) is 41.3 Å². The summed E-state index contributed by atoms with van der Waals surface area (Å²) in [5.74, 6) is -0.802. The lowest BCUT2D eigenvalue weighted by Crippen LogP contribution is -2.48. The first-order valence-corrected chi connectivity index (χ1v) is 12.7. The van der Waals surface area contributed by atoms with Crippen LogP contribution in [-0.2, 0) is 14.1 Å². The Labute approximate surface area is 227 Å². The lowest BCUT2D eigenvalue weighted by molar-refractivity contribution is 0.151. The highest BCUT2D eigenvalue weighted by atomic mass is 19.3. The Morgan fingerprint density at radius 1 is 0.850 bits per heavy atom. The molecule has 0 bridgehead atoms. The number of nitrogens with zero attached hydrogens (tertiary/aromatic N) is 5. The minimum absolute atomic E-state index is 0.0201. The Balaban J connectivity index is 1.48. The number of piperazine rings is 1. The zero-order chi connectivity index (χ0) is 28.7. The molecule has 12 heteroatoms. The summed E-state index contributed by atoms with van der Waals surface area (Å²) in [7, 11) is 3.20. The Morgan fingerprint density at radius 3 is 2.20 bits per heavy atom. The molecule has 0 radical (unpaired) electrons. The summed E-state index contributed by atoms with van der Waals surface area (Å²) >= 11 is 0. The highest BCUT2D eigenvalue weighted by Gasteiger charge is 2.23. The van der Waals surface area contributed by atoms with Crippen LogP contribution in [0, 0.1) is 11.6 Å². The number of fused-ring (bicyclic) bond motifs is 1. The number of pyridine rings is 1. The molecular weight excluding hydrogens is 528 g/mol. The average molecular weight is 557 g/mol. The molecule has 0 spiro atoms. The van der Waals surface area contributed by atoms with E-state index < -0.39 is 35.2 Å². The number of benzene rings is 2. The maximum absolute atomic E-state index is 14.7. The average Bonchev–Trinajstić information content (AvgIpc) is 2.93. The normalized spacial score (nSPS) is 14.7. The number of halogens is 4. The van der Waals surface area contributed by atoms with Gasteiger partial charge in [-0.25, -0.2) is 22.2 Å². The number of rotatable bonds is 6. The number of hydrogen-bond acceptors (Lipinski definition) is 6. The van der Waals surface area contributed by atoms with Gasteiger partial charge in [-0.1, -0.05) is 0 Å². The van der Waals surface area contributed by atoms with Crippen LogP contribution in [0.15, 0.2) is 58.3 Å². The van der Waals surface area contributed by atoms with Gasteiger partial charge in [0, 0.05) is 63.6 Å². The molecule has 0 unspecified atom stereocenters. The molecule has 1 aliphatic rings. The molecule has 1 saturated heterocycles. The van der Waals surface area contributed by atoms with Crippen molar-refractivity contribution in [3.63, 3.8) is 0 Å². The van der Waals surface area contributed by atoms with E-state index in [1.165, 1.54) is 33.5 Å². The van der Waals surface area contributed by atoms with Crippen LogP contribution in [0.2, 0.25) is 0 Å². The topological polar surface area (TPSA) is 75.4 Å². The third kappa shape index (κ3) is 5.13. The fourth-order valence-corrected chi connectivity index (χ4v) is 5.13. The monoisotopic (exact) mass is 556 g/mol. The van der Waals surface area contributed by atoms with Crippen molar-refractivity contribution in [1.82, 2.24) is 14.3 Å². The molecule has 0 amide bonds. The molecule has 210 valence electrons. The fraction of sp³-hybridized carbons (Fsp3) is 0.321. The summed E-state index contributed by atoms with van der Waals surface area (Å²) in [4.78, 5) is 29.4. The van der Waals surface area contributed by atoms with Crippen LogP contribution in [0.25, 0.3) is 10.8 Å². The van der Waals surface area contributed by atoms with Crippen LogP contribution >= 0.6 is 0 Å². The van der Waals surface area contributed by atoms with Gasteiger partial charge in [-0.15, -0.1) is 0 Å². The number of nitrogens with one attached hydrogen (secondary N) is 1. The zero-order valence-corrected chi connectivity index (χ0v) is 22.2. The Bertz CT molecular complexity index is 1700. The van der Waals surface area contributed by atoms with Crippen molar-refractivity contribution >= 4 is 28.0 Å². The van der Waals surface area contributed by atoms with Gasteiger partial charge in [-0.2, -0.15) is 5.10 Å². The molecule has 0 saturated carbocycles. The van der Waals surface area contributed by atoms with Gasteiger partial charge in [-0.3, -0.25) is 14.2 Å². The highest BCUT2D eigenvalue weighted by molar-refractivity contribution is 5.88. The van der Waals surface area contributed by atoms with Gasteiger partial charge in [0.2, 0.25) is 0 Å². The predicted molar refractivity (Wildman–Crippen MR) is 146 cm³/mol. The number of aromatic nitrogens is 3. The Morgan fingerprint density at radius 2 is 1.52 bits per heavy atom. The van der Waals surface area contributed by atoms with E-state index in [0.717, 1.165) is 17.8 Å². The first kappa shape index (κ1) is 27.2. The molecule has 40 heavy (non-hydrogen) atoms. The molecule has 2 aromatic heterocycles. The molecule has 4 aromatic rings. The van der Waals surface area contributed by atoms with Gasteiger partial charge < -0.3 is 15.1 Å². The quantitative estimate of drug-likeness (QED) is 0.356. The van der Waals surface area contributed by atoms with Crippen molar-refractivity contribution in [2.45, 2.75) is 19.4 Å². The van der Waals surface area contributed by atoms with Crippen molar-refractivity contribution in [1.29, 1.82) is 0 Å². The highest BCUT2D eigenvalue weighted by Crippen LogP contribution is 2.33. The van der Waals surface area contributed by atoms with Crippen LogP contribution < -0.4 is 26.2 Å². The minimum atomic E-state index is -2.91. The van der Waals surface area contributed by atoms with E-state index in [2.05, 4.69) is 10.4 Å². The zero-order valence-electron chi connectivity index (χ0n) is 22.2. The van der Waals surface area contributed by atoms with E-state index in [0.29, 0.717) is 42.9 Å². The SMILES string of the molecule is C[C@@H](Nc1ccc(F)cc1C(F)F)c1cc(F)cc2c(=O)n(C)c(N3CCN(c4cnn(C)c(=O)c4)CC3)cc12. The number of hydrogen-bond donors (Lipinski definition) is 1. The van der Waals surface area contributed by atoms with E-state index in [-0.39, 0.29) is 16.6 Å². The van der Waals surface area contributed by atoms with Gasteiger partial charge in [0.05, 0.1) is 17.3 Å². The van der Waals surface area contributed by atoms with Gasteiger partial charge in [0.1, 0.15) is 17.5 Å². The number of alkyl halides is 2. The molecule has 0 aliphatic carbocycles. The van der Waals surface area contributed by atoms with Crippen molar-refractivity contribution in [2.24, 2.45) is 14.1 Å². The Kier molecular flexibility index (Phi) is 7.26. The lowest BCUT2D eigenvalue weighted by atomic mass is 9.99. The van der Waals surface area contributed by atoms with E-state index in [1.54, 1.807) is 33.3 Å². The smallest absolute Gasteiger partial charge is 0.268 e.